The number of hydrogen-bond donors (Lipinski definition) is 2. The molecule has 1 aliphatic rings. The van der Waals surface area contributed by atoms with Crippen LogP contribution >= 0.6 is 24.0 Å². The molecule has 0 radical (unpaired) electrons. The van der Waals surface area contributed by atoms with E-state index in [0.717, 1.165) is 29.8 Å². The molecule has 1 aromatic heterocycles. The summed E-state index contributed by atoms with van der Waals surface area (Å²) in [6.07, 6.45) is 3.82. The van der Waals surface area contributed by atoms with Gasteiger partial charge in [-0.3, -0.25) is 4.99 Å². The maximum absolute atomic E-state index is 5.95. The second-order valence-corrected chi connectivity index (χ2v) is 7.03. The lowest BCUT2D eigenvalue weighted by Crippen LogP contribution is -2.38. The zero-order chi connectivity index (χ0) is 17.6. The minimum atomic E-state index is 0. The highest BCUT2D eigenvalue weighted by Gasteiger charge is 2.16. The Labute approximate surface area is 173 Å². The number of para-hydroxylation sites is 1. The minimum absolute atomic E-state index is 0. The maximum Gasteiger partial charge on any atom is 0.191 e. The second kappa shape index (κ2) is 10.2. The Morgan fingerprint density at radius 2 is 1.96 bits per heavy atom. The summed E-state index contributed by atoms with van der Waals surface area (Å²) in [7, 11) is 4.02. The lowest BCUT2D eigenvalue weighted by molar-refractivity contribution is 0.213. The van der Waals surface area contributed by atoms with Crippen LogP contribution in [0.15, 0.2) is 33.7 Å². The van der Waals surface area contributed by atoms with Crippen molar-refractivity contribution in [1.82, 2.24) is 15.5 Å². The fourth-order valence-corrected chi connectivity index (χ4v) is 3.52. The van der Waals surface area contributed by atoms with Crippen LogP contribution in [0, 0.1) is 12.8 Å². The number of furan rings is 1. The molecule has 2 aromatic rings. The van der Waals surface area contributed by atoms with Gasteiger partial charge in [0.15, 0.2) is 5.96 Å². The second-order valence-electron chi connectivity index (χ2n) is 7.03. The van der Waals surface area contributed by atoms with E-state index in [0.29, 0.717) is 6.54 Å². The van der Waals surface area contributed by atoms with Crippen LogP contribution in [0.5, 0.6) is 0 Å². The van der Waals surface area contributed by atoms with Gasteiger partial charge in [-0.25, -0.2) is 0 Å². The van der Waals surface area contributed by atoms with Crippen molar-refractivity contribution in [2.24, 2.45) is 10.9 Å². The topological polar surface area (TPSA) is 52.8 Å². The number of nitrogens with one attached hydrogen (secondary N) is 2. The molecule has 0 aliphatic carbocycles. The molecule has 0 amide bonds. The predicted octanol–water partition coefficient (Wildman–Crippen LogP) is 3.76. The minimum Gasteiger partial charge on any atom is -0.459 e. The number of piperidine rings is 1. The highest BCUT2D eigenvalue weighted by Crippen LogP contribution is 2.24. The molecular formula is C20H31IN4O. The summed E-state index contributed by atoms with van der Waals surface area (Å²) < 4.78 is 5.95. The molecule has 0 spiro atoms. The molecule has 1 aliphatic heterocycles. The highest BCUT2D eigenvalue weighted by atomic mass is 127. The number of aliphatic imine (C=N–C) groups is 1. The SMILES string of the molecule is CN=C(NCCC1CCN(C)CC1)NCc1oc2ccccc2c1C.I. The van der Waals surface area contributed by atoms with Crippen LogP contribution in [-0.2, 0) is 6.54 Å². The fraction of sp³-hybridized carbons (Fsp3) is 0.550. The molecule has 1 aromatic carbocycles. The van der Waals surface area contributed by atoms with Gasteiger partial charge in [-0.15, -0.1) is 24.0 Å². The van der Waals surface area contributed by atoms with Gasteiger partial charge >= 0.3 is 0 Å². The number of halogens is 1. The Morgan fingerprint density at radius 1 is 1.23 bits per heavy atom. The van der Waals surface area contributed by atoms with E-state index >= 15 is 0 Å². The van der Waals surface area contributed by atoms with Crippen LogP contribution in [0.25, 0.3) is 11.0 Å². The quantitative estimate of drug-likeness (QED) is 0.397. The van der Waals surface area contributed by atoms with Crippen LogP contribution in [0.1, 0.15) is 30.6 Å². The fourth-order valence-electron chi connectivity index (χ4n) is 3.52. The molecule has 2 heterocycles. The third-order valence-corrected chi connectivity index (χ3v) is 5.27. The standard InChI is InChI=1S/C20H30N4O.HI/c1-15-17-6-4-5-7-18(17)25-19(15)14-23-20(21-2)22-11-8-16-9-12-24(3)13-10-16;/h4-7,16H,8-14H2,1-3H3,(H2,21,22,23);1H. The lowest BCUT2D eigenvalue weighted by Gasteiger charge is -2.29. The third kappa shape index (κ3) is 5.36. The van der Waals surface area contributed by atoms with Crippen molar-refractivity contribution in [2.75, 3.05) is 33.7 Å². The largest absolute Gasteiger partial charge is 0.459 e. The number of likely N-dealkylation sites (tertiary alicyclic amines) is 1. The normalized spacial score (nSPS) is 16.5. The summed E-state index contributed by atoms with van der Waals surface area (Å²) >= 11 is 0. The summed E-state index contributed by atoms with van der Waals surface area (Å²) in [5.74, 6) is 2.65. The van der Waals surface area contributed by atoms with E-state index < -0.39 is 0 Å². The van der Waals surface area contributed by atoms with Crippen molar-refractivity contribution < 1.29 is 4.42 Å². The van der Waals surface area contributed by atoms with E-state index in [1.807, 2.05) is 25.2 Å². The average molecular weight is 470 g/mol. The van der Waals surface area contributed by atoms with E-state index in [-0.39, 0.29) is 24.0 Å². The van der Waals surface area contributed by atoms with Crippen LogP contribution in [0.4, 0.5) is 0 Å². The van der Waals surface area contributed by atoms with Crippen molar-refractivity contribution in [2.45, 2.75) is 32.7 Å². The molecule has 0 unspecified atom stereocenters. The number of hydrogen-bond acceptors (Lipinski definition) is 3. The van der Waals surface area contributed by atoms with Gasteiger partial charge in [-0.2, -0.15) is 0 Å². The molecule has 0 atom stereocenters. The summed E-state index contributed by atoms with van der Waals surface area (Å²) in [5.41, 5.74) is 2.15. The summed E-state index contributed by atoms with van der Waals surface area (Å²) in [4.78, 5) is 6.74. The zero-order valence-electron chi connectivity index (χ0n) is 16.0. The first kappa shape index (κ1) is 21.0. The van der Waals surface area contributed by atoms with E-state index in [2.05, 4.69) is 40.6 Å². The van der Waals surface area contributed by atoms with Crippen LogP contribution < -0.4 is 10.6 Å². The zero-order valence-corrected chi connectivity index (χ0v) is 18.4. The summed E-state index contributed by atoms with van der Waals surface area (Å²) in [6, 6.07) is 8.17. The van der Waals surface area contributed by atoms with Gasteiger partial charge in [-0.05, 0) is 58.3 Å². The first-order chi connectivity index (χ1) is 12.2. The van der Waals surface area contributed by atoms with Gasteiger partial charge < -0.3 is 20.0 Å². The molecule has 144 valence electrons. The molecule has 0 saturated carbocycles. The molecule has 6 heteroatoms. The summed E-state index contributed by atoms with van der Waals surface area (Å²) in [6.45, 7) is 6.17. The predicted molar refractivity (Wildman–Crippen MR) is 119 cm³/mol. The molecule has 3 rings (SSSR count). The Bertz CT molecular complexity index is 720. The van der Waals surface area contributed by atoms with Gasteiger partial charge in [0.1, 0.15) is 11.3 Å². The van der Waals surface area contributed by atoms with Crippen molar-refractivity contribution in [3.63, 3.8) is 0 Å². The Hall–Kier alpha value is -1.28. The van der Waals surface area contributed by atoms with E-state index in [1.54, 1.807) is 0 Å². The number of benzene rings is 1. The van der Waals surface area contributed by atoms with E-state index in [4.69, 9.17) is 4.42 Å². The Balaban J connectivity index is 0.00000243. The number of rotatable bonds is 5. The van der Waals surface area contributed by atoms with Crippen molar-refractivity contribution in [1.29, 1.82) is 0 Å². The van der Waals surface area contributed by atoms with E-state index in [1.165, 1.54) is 43.3 Å². The molecule has 0 bridgehead atoms. The molecule has 5 nitrogen and oxygen atoms in total. The molecule has 26 heavy (non-hydrogen) atoms. The van der Waals surface area contributed by atoms with Gasteiger partial charge in [0.25, 0.3) is 0 Å². The number of aryl methyl sites for hydroxylation is 1. The van der Waals surface area contributed by atoms with Gasteiger partial charge in [0.2, 0.25) is 0 Å². The van der Waals surface area contributed by atoms with Gasteiger partial charge in [0, 0.05) is 24.5 Å². The molecule has 1 saturated heterocycles. The average Bonchev–Trinajstić information content (AvgIpc) is 2.96. The van der Waals surface area contributed by atoms with Crippen LogP contribution in [-0.4, -0.2) is 44.6 Å². The number of fused-ring (bicyclic) bond motifs is 1. The number of nitrogens with zero attached hydrogens (tertiary/aromatic N) is 2. The highest BCUT2D eigenvalue weighted by molar-refractivity contribution is 14.0. The molecule has 2 N–H and O–H groups in total. The number of guanidine groups is 1. The molecular weight excluding hydrogens is 439 g/mol. The Kier molecular flexibility index (Phi) is 8.21. The monoisotopic (exact) mass is 470 g/mol. The maximum atomic E-state index is 5.95. The smallest absolute Gasteiger partial charge is 0.191 e. The van der Waals surface area contributed by atoms with Gasteiger partial charge in [-0.1, -0.05) is 18.2 Å². The van der Waals surface area contributed by atoms with Crippen molar-refractivity contribution in [3.05, 3.63) is 35.6 Å². The van der Waals surface area contributed by atoms with Gasteiger partial charge in [0.05, 0.1) is 6.54 Å². The Morgan fingerprint density at radius 3 is 2.65 bits per heavy atom. The third-order valence-electron chi connectivity index (χ3n) is 5.27. The van der Waals surface area contributed by atoms with Crippen LogP contribution in [0.2, 0.25) is 0 Å². The van der Waals surface area contributed by atoms with Crippen molar-refractivity contribution >= 4 is 40.9 Å². The van der Waals surface area contributed by atoms with Crippen LogP contribution in [0.3, 0.4) is 0 Å². The van der Waals surface area contributed by atoms with Crippen molar-refractivity contribution in [3.8, 4) is 0 Å². The lowest BCUT2D eigenvalue weighted by atomic mass is 9.94. The van der Waals surface area contributed by atoms with E-state index in [9.17, 15) is 0 Å². The first-order valence-electron chi connectivity index (χ1n) is 9.27. The summed E-state index contributed by atoms with van der Waals surface area (Å²) in [5, 5.41) is 7.99. The first-order valence-corrected chi connectivity index (χ1v) is 9.27. The molecule has 1 fully saturated rings.